The van der Waals surface area contributed by atoms with E-state index in [2.05, 4.69) is 4.98 Å². The largest absolute Gasteiger partial charge is 0.480 e. The van der Waals surface area contributed by atoms with Crippen molar-refractivity contribution in [2.24, 2.45) is 5.73 Å². The van der Waals surface area contributed by atoms with Gasteiger partial charge in [-0.25, -0.2) is 4.98 Å². The second kappa shape index (κ2) is 5.79. The molecule has 1 aromatic carbocycles. The lowest BCUT2D eigenvalue weighted by atomic mass is 10.1. The van der Waals surface area contributed by atoms with Crippen LogP contribution in [-0.2, 0) is 11.2 Å². The first-order chi connectivity index (χ1) is 10.6. The number of hydrogen-bond donors (Lipinski definition) is 2. The van der Waals surface area contributed by atoms with E-state index in [1.807, 2.05) is 30.3 Å². The standard InChI is InChI=1S/C16H14ClN3O2/c17-11-6-7-14-19-15(10-4-2-1-3-5-10)13(20(14)9-11)8-12(18)16(21)22/h1-7,9,12H,8,18H2,(H,21,22). The number of nitrogens with two attached hydrogens (primary N) is 1. The molecule has 1 atom stereocenters. The van der Waals surface area contributed by atoms with Crippen molar-refractivity contribution >= 4 is 23.2 Å². The Morgan fingerprint density at radius 2 is 2.00 bits per heavy atom. The van der Waals surface area contributed by atoms with Crippen LogP contribution >= 0.6 is 11.6 Å². The number of imidazole rings is 1. The van der Waals surface area contributed by atoms with Gasteiger partial charge in [-0.05, 0) is 12.1 Å². The minimum absolute atomic E-state index is 0.168. The van der Waals surface area contributed by atoms with Crippen molar-refractivity contribution in [3.05, 3.63) is 59.4 Å². The average molecular weight is 316 g/mol. The van der Waals surface area contributed by atoms with Crippen LogP contribution in [0.4, 0.5) is 0 Å². The third kappa shape index (κ3) is 2.68. The number of benzene rings is 1. The van der Waals surface area contributed by atoms with E-state index in [-0.39, 0.29) is 6.42 Å². The minimum atomic E-state index is -1.05. The molecule has 112 valence electrons. The van der Waals surface area contributed by atoms with E-state index >= 15 is 0 Å². The van der Waals surface area contributed by atoms with Gasteiger partial charge in [0.2, 0.25) is 0 Å². The van der Waals surface area contributed by atoms with Crippen molar-refractivity contribution < 1.29 is 9.90 Å². The summed E-state index contributed by atoms with van der Waals surface area (Å²) >= 11 is 6.05. The average Bonchev–Trinajstić information content (AvgIpc) is 2.86. The number of hydrogen-bond acceptors (Lipinski definition) is 3. The number of halogens is 1. The van der Waals surface area contributed by atoms with Crippen LogP contribution in [0.25, 0.3) is 16.9 Å². The Kier molecular flexibility index (Phi) is 3.83. The first-order valence-electron chi connectivity index (χ1n) is 6.76. The molecular formula is C16H14ClN3O2. The van der Waals surface area contributed by atoms with Gasteiger partial charge in [-0.2, -0.15) is 0 Å². The van der Waals surface area contributed by atoms with Crippen LogP contribution in [-0.4, -0.2) is 26.5 Å². The third-order valence-corrected chi connectivity index (χ3v) is 3.68. The minimum Gasteiger partial charge on any atom is -0.480 e. The van der Waals surface area contributed by atoms with Crippen molar-refractivity contribution in [2.75, 3.05) is 0 Å². The molecule has 0 aliphatic heterocycles. The lowest BCUT2D eigenvalue weighted by Gasteiger charge is -2.09. The summed E-state index contributed by atoms with van der Waals surface area (Å²) in [6, 6.07) is 12.1. The molecule has 0 saturated heterocycles. The van der Waals surface area contributed by atoms with Crippen LogP contribution in [0, 0.1) is 0 Å². The number of aliphatic carboxylic acids is 1. The van der Waals surface area contributed by atoms with E-state index in [1.165, 1.54) is 0 Å². The third-order valence-electron chi connectivity index (χ3n) is 3.46. The SMILES string of the molecule is NC(Cc1c(-c2ccccc2)nc2ccc(Cl)cn12)C(=O)O. The van der Waals surface area contributed by atoms with Gasteiger partial charge in [0.25, 0.3) is 0 Å². The van der Waals surface area contributed by atoms with Gasteiger partial charge in [-0.15, -0.1) is 0 Å². The Hall–Kier alpha value is -2.37. The number of pyridine rings is 1. The summed E-state index contributed by atoms with van der Waals surface area (Å²) < 4.78 is 1.80. The smallest absolute Gasteiger partial charge is 0.320 e. The number of nitrogens with zero attached hydrogens (tertiary/aromatic N) is 2. The fraction of sp³-hybridized carbons (Fsp3) is 0.125. The van der Waals surface area contributed by atoms with Gasteiger partial charge in [-0.3, -0.25) is 4.79 Å². The van der Waals surface area contributed by atoms with Gasteiger partial charge < -0.3 is 15.2 Å². The molecule has 0 spiro atoms. The molecule has 0 aliphatic rings. The normalized spacial score (nSPS) is 12.5. The lowest BCUT2D eigenvalue weighted by Crippen LogP contribution is -2.32. The van der Waals surface area contributed by atoms with Crippen molar-refractivity contribution in [3.8, 4) is 11.3 Å². The van der Waals surface area contributed by atoms with Crippen LogP contribution in [0.15, 0.2) is 48.7 Å². The van der Waals surface area contributed by atoms with E-state index in [0.717, 1.165) is 17.0 Å². The molecule has 0 radical (unpaired) electrons. The van der Waals surface area contributed by atoms with Crippen molar-refractivity contribution in [3.63, 3.8) is 0 Å². The number of carboxylic acids is 1. The first kappa shape index (κ1) is 14.6. The molecule has 0 bridgehead atoms. The van der Waals surface area contributed by atoms with Crippen molar-refractivity contribution in [1.29, 1.82) is 0 Å². The zero-order valence-electron chi connectivity index (χ0n) is 11.6. The highest BCUT2D eigenvalue weighted by Crippen LogP contribution is 2.26. The van der Waals surface area contributed by atoms with E-state index < -0.39 is 12.0 Å². The Bertz CT molecular complexity index is 830. The molecule has 0 fully saturated rings. The summed E-state index contributed by atoms with van der Waals surface area (Å²) in [6.45, 7) is 0. The predicted octanol–water partition coefficient (Wildman–Crippen LogP) is 2.61. The molecule has 3 N–H and O–H groups in total. The number of carbonyl (C=O) groups is 1. The molecule has 3 rings (SSSR count). The molecule has 22 heavy (non-hydrogen) atoms. The second-order valence-corrected chi connectivity index (χ2v) is 5.43. The maximum atomic E-state index is 11.1. The zero-order chi connectivity index (χ0) is 15.7. The second-order valence-electron chi connectivity index (χ2n) is 5.00. The van der Waals surface area contributed by atoms with E-state index in [9.17, 15) is 4.79 Å². The number of carboxylic acid groups (broad SMARTS) is 1. The molecule has 5 nitrogen and oxygen atoms in total. The summed E-state index contributed by atoms with van der Waals surface area (Å²) in [6.07, 6.45) is 1.89. The Labute approximate surface area is 132 Å². The molecular weight excluding hydrogens is 302 g/mol. The fourth-order valence-corrected chi connectivity index (χ4v) is 2.55. The highest BCUT2D eigenvalue weighted by molar-refractivity contribution is 6.30. The van der Waals surface area contributed by atoms with E-state index in [4.69, 9.17) is 22.4 Å². The van der Waals surface area contributed by atoms with Crippen LogP contribution in [0.5, 0.6) is 0 Å². The molecule has 0 saturated carbocycles. The fourth-order valence-electron chi connectivity index (χ4n) is 2.39. The van der Waals surface area contributed by atoms with Crippen molar-refractivity contribution in [2.45, 2.75) is 12.5 Å². The summed E-state index contributed by atoms with van der Waals surface area (Å²) in [4.78, 5) is 15.7. The van der Waals surface area contributed by atoms with E-state index in [0.29, 0.717) is 10.7 Å². The molecule has 0 aliphatic carbocycles. The van der Waals surface area contributed by atoms with Gasteiger partial charge in [0.1, 0.15) is 11.7 Å². The van der Waals surface area contributed by atoms with Gasteiger partial charge in [0.15, 0.2) is 0 Å². The lowest BCUT2D eigenvalue weighted by molar-refractivity contribution is -0.138. The maximum Gasteiger partial charge on any atom is 0.320 e. The van der Waals surface area contributed by atoms with Gasteiger partial charge in [0, 0.05) is 18.2 Å². The molecule has 3 aromatic rings. The van der Waals surface area contributed by atoms with Crippen LogP contribution in [0.3, 0.4) is 0 Å². The highest BCUT2D eigenvalue weighted by Gasteiger charge is 2.20. The summed E-state index contributed by atoms with van der Waals surface area (Å²) in [5.74, 6) is -1.05. The number of fused-ring (bicyclic) bond motifs is 1. The molecule has 2 aromatic heterocycles. The Balaban J connectivity index is 2.20. The Morgan fingerprint density at radius 3 is 2.68 bits per heavy atom. The molecule has 6 heteroatoms. The Morgan fingerprint density at radius 1 is 1.27 bits per heavy atom. The zero-order valence-corrected chi connectivity index (χ0v) is 12.4. The van der Waals surface area contributed by atoms with Crippen LogP contribution in [0.1, 0.15) is 5.69 Å². The maximum absolute atomic E-state index is 11.1. The summed E-state index contributed by atoms with van der Waals surface area (Å²) in [7, 11) is 0. The quantitative estimate of drug-likeness (QED) is 0.775. The van der Waals surface area contributed by atoms with Crippen molar-refractivity contribution in [1.82, 2.24) is 9.38 Å². The number of aromatic nitrogens is 2. The van der Waals surface area contributed by atoms with Crippen LogP contribution in [0.2, 0.25) is 5.02 Å². The van der Waals surface area contributed by atoms with Gasteiger partial charge in [0.05, 0.1) is 16.4 Å². The first-order valence-corrected chi connectivity index (χ1v) is 7.14. The number of rotatable bonds is 4. The topological polar surface area (TPSA) is 80.6 Å². The van der Waals surface area contributed by atoms with Gasteiger partial charge in [-0.1, -0.05) is 41.9 Å². The van der Waals surface area contributed by atoms with Crippen LogP contribution < -0.4 is 5.73 Å². The molecule has 2 heterocycles. The summed E-state index contributed by atoms with van der Waals surface area (Å²) in [5.41, 5.74) is 8.78. The monoisotopic (exact) mass is 315 g/mol. The molecule has 0 amide bonds. The molecule has 1 unspecified atom stereocenters. The van der Waals surface area contributed by atoms with Gasteiger partial charge >= 0.3 is 5.97 Å². The summed E-state index contributed by atoms with van der Waals surface area (Å²) in [5, 5.41) is 9.64. The predicted molar refractivity (Wildman–Crippen MR) is 85.0 cm³/mol. The highest BCUT2D eigenvalue weighted by atomic mass is 35.5. The van der Waals surface area contributed by atoms with E-state index in [1.54, 1.807) is 22.7 Å².